The van der Waals surface area contributed by atoms with E-state index in [0.717, 1.165) is 25.3 Å². The summed E-state index contributed by atoms with van der Waals surface area (Å²) >= 11 is 0. The third kappa shape index (κ3) is 5.24. The molecule has 2 atom stereocenters. The van der Waals surface area contributed by atoms with Gasteiger partial charge in [-0.2, -0.15) is 0 Å². The van der Waals surface area contributed by atoms with Gasteiger partial charge in [0.05, 0.1) is 0 Å². The molecule has 0 spiro atoms. The molecule has 0 bridgehead atoms. The molecule has 3 aromatic carbocycles. The van der Waals surface area contributed by atoms with Crippen molar-refractivity contribution in [3.63, 3.8) is 0 Å². The van der Waals surface area contributed by atoms with Crippen LogP contribution in [-0.2, 0) is 19.0 Å². The van der Waals surface area contributed by atoms with Gasteiger partial charge in [0.1, 0.15) is 0 Å². The van der Waals surface area contributed by atoms with Gasteiger partial charge in [-0.15, -0.1) is 0 Å². The molecule has 0 aliphatic carbocycles. The Balaban J connectivity index is 1.71. The van der Waals surface area contributed by atoms with Crippen LogP contribution in [-0.4, -0.2) is 39.7 Å². The normalized spacial score (nSPS) is 19.9. The molecular weight excluding hydrogens is 427 g/mol. The number of rotatable bonds is 8. The van der Waals surface area contributed by atoms with Gasteiger partial charge >= 0.3 is 186 Å². The molecule has 1 aliphatic rings. The van der Waals surface area contributed by atoms with Crippen molar-refractivity contribution in [1.82, 2.24) is 0 Å². The number of hydrogen-bond donors (Lipinski definition) is 0. The topological polar surface area (TPSA) is 52.6 Å². The Bertz CT molecular complexity index is 976. The quantitative estimate of drug-likeness (QED) is 0.386. The van der Waals surface area contributed by atoms with E-state index in [2.05, 4.69) is 91.0 Å². The fourth-order valence-electron chi connectivity index (χ4n) is 4.62. The fourth-order valence-corrected chi connectivity index (χ4v) is 9.99. The zero-order valence-corrected chi connectivity index (χ0v) is 19.5. The van der Waals surface area contributed by atoms with E-state index in [4.69, 9.17) is 8.92 Å². The fraction of sp³-hybridized carbons (Fsp3) is 0.280. The molecule has 0 amide bonds. The first-order chi connectivity index (χ1) is 15.0. The van der Waals surface area contributed by atoms with E-state index in [1.165, 1.54) is 15.9 Å². The van der Waals surface area contributed by atoms with Crippen LogP contribution in [0.15, 0.2) is 91.0 Å². The van der Waals surface area contributed by atoms with Crippen LogP contribution in [0.1, 0.15) is 12.8 Å². The van der Waals surface area contributed by atoms with Gasteiger partial charge in [0.2, 0.25) is 0 Å². The molecule has 1 saturated heterocycles. The number of ether oxygens (including phenoxy) is 1. The van der Waals surface area contributed by atoms with E-state index >= 15 is 0 Å². The molecule has 1 heterocycles. The molecule has 4 nitrogen and oxygen atoms in total. The first-order valence-electron chi connectivity index (χ1n) is 10.6. The Morgan fingerprint density at radius 2 is 1.19 bits per heavy atom. The molecular formula is C25H29O4PS. The van der Waals surface area contributed by atoms with Crippen LogP contribution in [0.5, 0.6) is 0 Å². The van der Waals surface area contributed by atoms with E-state index in [1.807, 2.05) is 0 Å². The van der Waals surface area contributed by atoms with Crippen molar-refractivity contribution < 1.29 is 17.3 Å². The van der Waals surface area contributed by atoms with E-state index < -0.39 is 17.4 Å². The minimum atomic E-state index is -3.46. The first-order valence-corrected chi connectivity index (χ1v) is 14.7. The van der Waals surface area contributed by atoms with Crippen LogP contribution < -0.4 is 15.9 Å². The summed E-state index contributed by atoms with van der Waals surface area (Å²) in [7, 11) is -5.83. The van der Waals surface area contributed by atoms with Crippen molar-refractivity contribution in [2.45, 2.75) is 25.0 Å². The average Bonchev–Trinajstić information content (AvgIpc) is 3.25. The van der Waals surface area contributed by atoms with Crippen LogP contribution in [0.4, 0.5) is 0 Å². The molecule has 3 aromatic rings. The average molecular weight is 457 g/mol. The molecule has 1 fully saturated rings. The zero-order chi connectivity index (χ0) is 21.7. The monoisotopic (exact) mass is 456 g/mol. The summed E-state index contributed by atoms with van der Waals surface area (Å²) in [6, 6.07) is 32.3. The Morgan fingerprint density at radius 3 is 1.61 bits per heavy atom. The van der Waals surface area contributed by atoms with Crippen molar-refractivity contribution >= 4 is 33.3 Å². The second kappa shape index (κ2) is 9.62. The summed E-state index contributed by atoms with van der Waals surface area (Å²) in [5.41, 5.74) is 0. The Hall–Kier alpha value is -2.04. The van der Waals surface area contributed by atoms with Gasteiger partial charge in [-0.05, 0) is 0 Å². The number of hydrogen-bond acceptors (Lipinski definition) is 4. The van der Waals surface area contributed by atoms with E-state index in [1.54, 1.807) is 0 Å². The summed E-state index contributed by atoms with van der Waals surface area (Å²) in [6.07, 6.45) is 3.56. The van der Waals surface area contributed by atoms with Crippen LogP contribution in [0.3, 0.4) is 0 Å². The van der Waals surface area contributed by atoms with Crippen LogP contribution in [0.2, 0.25) is 0 Å². The van der Waals surface area contributed by atoms with Gasteiger partial charge in [-0.25, -0.2) is 0 Å². The third-order valence-electron chi connectivity index (χ3n) is 6.00. The standard InChI is InChI=1S/C25H29O4PS/c1-31(26,27)28-19-21-17-18-22(29-21)20-30(23-11-5-2-6-12-23,24-13-7-3-8-14-24)25-15-9-4-10-16-25/h2-16,21-22,30H,17-20H2,1H3/t21-,22-/m1/s1. The van der Waals surface area contributed by atoms with Crippen LogP contribution in [0, 0.1) is 0 Å². The maximum absolute atomic E-state index is 11.4. The Morgan fingerprint density at radius 1 is 0.774 bits per heavy atom. The first kappa shape index (κ1) is 22.2. The molecule has 6 heteroatoms. The predicted octanol–water partition coefficient (Wildman–Crippen LogP) is 3.24. The van der Waals surface area contributed by atoms with E-state index in [0.29, 0.717) is 0 Å². The van der Waals surface area contributed by atoms with Crippen molar-refractivity contribution in [2.75, 3.05) is 19.0 Å². The SMILES string of the molecule is CS(=O)(=O)OC[C@H]1CC[C@H](C[PH](c2ccccc2)(c2ccccc2)c2ccccc2)O1. The van der Waals surface area contributed by atoms with Gasteiger partial charge in [-0.3, -0.25) is 0 Å². The molecule has 1 aliphatic heterocycles. The molecule has 0 N–H and O–H groups in total. The number of benzene rings is 3. The maximum atomic E-state index is 11.4. The molecule has 164 valence electrons. The molecule has 0 radical (unpaired) electrons. The summed E-state index contributed by atoms with van der Waals surface area (Å²) in [5, 5.41) is 4.06. The summed E-state index contributed by atoms with van der Waals surface area (Å²) in [5.74, 6) is 0. The second-order valence-electron chi connectivity index (χ2n) is 8.15. The Kier molecular flexibility index (Phi) is 6.88. The summed E-state index contributed by atoms with van der Waals surface area (Å²) < 4.78 is 34.1. The summed E-state index contributed by atoms with van der Waals surface area (Å²) in [6.45, 7) is 0.0892. The molecule has 0 unspecified atom stereocenters. The van der Waals surface area contributed by atoms with Gasteiger partial charge < -0.3 is 0 Å². The van der Waals surface area contributed by atoms with Crippen molar-refractivity contribution in [1.29, 1.82) is 0 Å². The van der Waals surface area contributed by atoms with Gasteiger partial charge in [0.25, 0.3) is 0 Å². The third-order valence-corrected chi connectivity index (χ3v) is 11.6. The second-order valence-corrected chi connectivity index (χ2v) is 13.7. The van der Waals surface area contributed by atoms with Crippen LogP contribution >= 0.6 is 7.26 Å². The van der Waals surface area contributed by atoms with E-state index in [9.17, 15) is 8.42 Å². The van der Waals surface area contributed by atoms with Crippen molar-refractivity contribution in [3.05, 3.63) is 91.0 Å². The molecule has 4 rings (SSSR count). The Labute approximate surface area is 185 Å². The van der Waals surface area contributed by atoms with Gasteiger partial charge in [0.15, 0.2) is 0 Å². The van der Waals surface area contributed by atoms with Crippen molar-refractivity contribution in [2.24, 2.45) is 0 Å². The van der Waals surface area contributed by atoms with E-state index in [-0.39, 0.29) is 18.8 Å². The van der Waals surface area contributed by atoms with Crippen LogP contribution in [0.25, 0.3) is 0 Å². The van der Waals surface area contributed by atoms with Gasteiger partial charge in [-0.1, -0.05) is 0 Å². The minimum absolute atomic E-state index is 0.0560. The summed E-state index contributed by atoms with van der Waals surface area (Å²) in [4.78, 5) is 0. The predicted molar refractivity (Wildman–Crippen MR) is 130 cm³/mol. The molecule has 31 heavy (non-hydrogen) atoms. The zero-order valence-electron chi connectivity index (χ0n) is 17.7. The molecule has 0 aromatic heterocycles. The molecule has 0 saturated carbocycles. The van der Waals surface area contributed by atoms with Crippen molar-refractivity contribution in [3.8, 4) is 0 Å². The van der Waals surface area contributed by atoms with Gasteiger partial charge in [0, 0.05) is 0 Å².